The van der Waals surface area contributed by atoms with E-state index in [1.807, 2.05) is 65.7 Å². The normalized spacial score (nSPS) is 16.8. The Hall–Kier alpha value is -2.79. The highest BCUT2D eigenvalue weighted by Crippen LogP contribution is 2.29. The van der Waals surface area contributed by atoms with Gasteiger partial charge in [0.1, 0.15) is 0 Å². The van der Waals surface area contributed by atoms with Gasteiger partial charge in [-0.15, -0.1) is 11.3 Å². The Morgan fingerprint density at radius 1 is 1.11 bits per heavy atom. The van der Waals surface area contributed by atoms with E-state index in [4.69, 9.17) is 0 Å². The van der Waals surface area contributed by atoms with Crippen molar-refractivity contribution in [1.29, 1.82) is 0 Å². The van der Waals surface area contributed by atoms with Crippen LogP contribution in [-0.2, 0) is 0 Å². The number of thiophene rings is 1. The fraction of sp³-hybridized carbons (Fsp3) is 0.261. The van der Waals surface area contributed by atoms with E-state index in [1.54, 1.807) is 6.20 Å². The number of benzene rings is 1. The van der Waals surface area contributed by atoms with Crippen LogP contribution in [0, 0.1) is 12.8 Å². The monoisotopic (exact) mass is 390 g/mol. The minimum Gasteiger partial charge on any atom is -0.338 e. The molecule has 4 nitrogen and oxygen atoms in total. The number of rotatable bonds is 4. The Kier molecular flexibility index (Phi) is 5.35. The summed E-state index contributed by atoms with van der Waals surface area (Å²) in [6.07, 6.45) is 3.42. The van der Waals surface area contributed by atoms with E-state index >= 15 is 0 Å². The summed E-state index contributed by atoms with van der Waals surface area (Å²) < 4.78 is 0. The molecule has 1 aromatic carbocycles. The second kappa shape index (κ2) is 8.07. The lowest BCUT2D eigenvalue weighted by Crippen LogP contribution is -2.42. The summed E-state index contributed by atoms with van der Waals surface area (Å²) in [5, 5.41) is 1.92. The number of carbonyl (C=O) groups is 2. The third kappa shape index (κ3) is 3.62. The highest BCUT2D eigenvalue weighted by Gasteiger charge is 2.31. The molecule has 28 heavy (non-hydrogen) atoms. The molecule has 1 aliphatic heterocycles. The van der Waals surface area contributed by atoms with Gasteiger partial charge in [-0.25, -0.2) is 0 Å². The number of likely N-dealkylation sites (tertiary alicyclic amines) is 1. The molecule has 142 valence electrons. The summed E-state index contributed by atoms with van der Waals surface area (Å²) in [6.45, 7) is 3.02. The molecule has 0 N–H and O–H groups in total. The molecule has 1 unspecified atom stereocenters. The van der Waals surface area contributed by atoms with Gasteiger partial charge in [-0.05, 0) is 48.4 Å². The van der Waals surface area contributed by atoms with Crippen LogP contribution >= 0.6 is 11.3 Å². The SMILES string of the molecule is Cc1nccc(-c2ccccc2)c1C(=O)N1CCCC(C(=O)c2cccs2)C1. The largest absolute Gasteiger partial charge is 0.338 e. The van der Waals surface area contributed by atoms with Crippen LogP contribution in [0.3, 0.4) is 0 Å². The summed E-state index contributed by atoms with van der Waals surface area (Å²) in [6, 6.07) is 15.6. The van der Waals surface area contributed by atoms with Gasteiger partial charge in [0, 0.05) is 25.2 Å². The van der Waals surface area contributed by atoms with Gasteiger partial charge in [-0.3, -0.25) is 14.6 Å². The van der Waals surface area contributed by atoms with Crippen LogP contribution in [0.15, 0.2) is 60.1 Å². The molecule has 1 fully saturated rings. The van der Waals surface area contributed by atoms with E-state index in [2.05, 4.69) is 4.98 Å². The second-order valence-electron chi connectivity index (χ2n) is 7.12. The van der Waals surface area contributed by atoms with Crippen molar-refractivity contribution >= 4 is 23.0 Å². The molecule has 1 aliphatic rings. The number of aromatic nitrogens is 1. The lowest BCUT2D eigenvalue weighted by Gasteiger charge is -2.32. The molecule has 1 amide bonds. The minimum atomic E-state index is -0.131. The zero-order valence-electron chi connectivity index (χ0n) is 15.8. The number of Topliss-reactive ketones (excluding diaryl/α,β-unsaturated/α-hetero) is 1. The first kappa shape index (κ1) is 18.6. The van der Waals surface area contributed by atoms with Crippen LogP contribution in [0.4, 0.5) is 0 Å². The number of ketones is 1. The minimum absolute atomic E-state index is 0.0341. The van der Waals surface area contributed by atoms with Gasteiger partial charge in [0.2, 0.25) is 0 Å². The average molecular weight is 391 g/mol. The Morgan fingerprint density at radius 3 is 2.68 bits per heavy atom. The number of hydrogen-bond acceptors (Lipinski definition) is 4. The maximum absolute atomic E-state index is 13.4. The first-order chi connectivity index (χ1) is 13.6. The van der Waals surface area contributed by atoms with Crippen LogP contribution in [-0.4, -0.2) is 34.7 Å². The van der Waals surface area contributed by atoms with Crippen LogP contribution in [0.5, 0.6) is 0 Å². The van der Waals surface area contributed by atoms with E-state index in [0.717, 1.165) is 34.5 Å². The number of carbonyl (C=O) groups excluding carboxylic acids is 2. The summed E-state index contributed by atoms with van der Waals surface area (Å²) in [4.78, 5) is 33.2. The third-order valence-electron chi connectivity index (χ3n) is 5.28. The smallest absolute Gasteiger partial charge is 0.256 e. The average Bonchev–Trinajstić information content (AvgIpc) is 3.28. The fourth-order valence-electron chi connectivity index (χ4n) is 3.85. The molecule has 1 saturated heterocycles. The van der Waals surface area contributed by atoms with Crippen molar-refractivity contribution in [3.05, 3.63) is 76.2 Å². The molecule has 0 saturated carbocycles. The first-order valence-electron chi connectivity index (χ1n) is 9.53. The zero-order chi connectivity index (χ0) is 19.5. The molecule has 3 heterocycles. The van der Waals surface area contributed by atoms with Crippen LogP contribution in [0.2, 0.25) is 0 Å². The number of pyridine rings is 1. The summed E-state index contributed by atoms with van der Waals surface area (Å²) in [5.74, 6) is -0.0136. The quantitative estimate of drug-likeness (QED) is 0.598. The van der Waals surface area contributed by atoms with Crippen molar-refractivity contribution in [3.8, 4) is 11.1 Å². The van der Waals surface area contributed by atoms with Gasteiger partial charge >= 0.3 is 0 Å². The van der Waals surface area contributed by atoms with E-state index in [1.165, 1.54) is 11.3 Å². The van der Waals surface area contributed by atoms with Crippen LogP contribution < -0.4 is 0 Å². The second-order valence-corrected chi connectivity index (χ2v) is 8.06. The predicted octanol–water partition coefficient (Wildman–Crippen LogP) is 4.85. The molecule has 2 aromatic heterocycles. The molecule has 5 heteroatoms. The molecule has 0 aliphatic carbocycles. The summed E-state index contributed by atoms with van der Waals surface area (Å²) in [5.41, 5.74) is 3.25. The van der Waals surface area contributed by atoms with Gasteiger partial charge in [0.15, 0.2) is 5.78 Å². The van der Waals surface area contributed by atoms with Crippen LogP contribution in [0.25, 0.3) is 11.1 Å². The number of nitrogens with zero attached hydrogens (tertiary/aromatic N) is 2. The molecule has 0 radical (unpaired) electrons. The van der Waals surface area contributed by atoms with Crippen molar-refractivity contribution < 1.29 is 9.59 Å². The van der Waals surface area contributed by atoms with Crippen LogP contribution in [0.1, 0.15) is 38.6 Å². The topological polar surface area (TPSA) is 50.3 Å². The highest BCUT2D eigenvalue weighted by atomic mass is 32.1. The Labute approximate surface area is 168 Å². The Bertz CT molecular complexity index is 983. The molecule has 4 rings (SSSR count). The first-order valence-corrected chi connectivity index (χ1v) is 10.4. The number of piperidine rings is 1. The van der Waals surface area contributed by atoms with Gasteiger partial charge in [-0.1, -0.05) is 36.4 Å². The van der Waals surface area contributed by atoms with Gasteiger partial charge in [0.05, 0.1) is 16.1 Å². The number of amides is 1. The molecular formula is C23H22N2O2S. The van der Waals surface area contributed by atoms with Crippen molar-refractivity contribution in [2.45, 2.75) is 19.8 Å². The molecule has 0 bridgehead atoms. The maximum atomic E-state index is 13.4. The van der Waals surface area contributed by atoms with E-state index in [9.17, 15) is 9.59 Å². The fourth-order valence-corrected chi connectivity index (χ4v) is 4.59. The maximum Gasteiger partial charge on any atom is 0.256 e. The lowest BCUT2D eigenvalue weighted by molar-refractivity contribution is 0.0638. The molecule has 1 atom stereocenters. The lowest BCUT2D eigenvalue weighted by atomic mass is 9.91. The van der Waals surface area contributed by atoms with Crippen molar-refractivity contribution in [3.63, 3.8) is 0 Å². The van der Waals surface area contributed by atoms with Crippen molar-refractivity contribution in [2.75, 3.05) is 13.1 Å². The summed E-state index contributed by atoms with van der Waals surface area (Å²) in [7, 11) is 0. The zero-order valence-corrected chi connectivity index (χ0v) is 16.6. The standard InChI is InChI=1S/C23H22N2O2S/c1-16-21(19(11-12-24-16)17-7-3-2-4-8-17)23(27)25-13-5-9-18(15-25)22(26)20-10-6-14-28-20/h2-4,6-8,10-12,14,18H,5,9,13,15H2,1H3. The molecule has 0 spiro atoms. The van der Waals surface area contributed by atoms with E-state index in [-0.39, 0.29) is 17.6 Å². The third-order valence-corrected chi connectivity index (χ3v) is 6.17. The van der Waals surface area contributed by atoms with Crippen molar-refractivity contribution in [2.24, 2.45) is 5.92 Å². The predicted molar refractivity (Wildman–Crippen MR) is 112 cm³/mol. The molecule has 3 aromatic rings. The van der Waals surface area contributed by atoms with Gasteiger partial charge < -0.3 is 4.90 Å². The van der Waals surface area contributed by atoms with Gasteiger partial charge in [-0.2, -0.15) is 0 Å². The van der Waals surface area contributed by atoms with E-state index < -0.39 is 0 Å². The van der Waals surface area contributed by atoms with Gasteiger partial charge in [0.25, 0.3) is 5.91 Å². The van der Waals surface area contributed by atoms with E-state index in [0.29, 0.717) is 18.7 Å². The summed E-state index contributed by atoms with van der Waals surface area (Å²) >= 11 is 1.47. The number of aryl methyl sites for hydroxylation is 1. The molecular weight excluding hydrogens is 368 g/mol. The Morgan fingerprint density at radius 2 is 1.93 bits per heavy atom. The highest BCUT2D eigenvalue weighted by molar-refractivity contribution is 7.12. The number of hydrogen-bond donors (Lipinski definition) is 0. The Balaban J connectivity index is 1.62. The van der Waals surface area contributed by atoms with Crippen molar-refractivity contribution in [1.82, 2.24) is 9.88 Å².